The molecule has 1 aliphatic heterocycles. The van der Waals surface area contributed by atoms with E-state index < -0.39 is 29.0 Å². The fourth-order valence-corrected chi connectivity index (χ4v) is 2.08. The van der Waals surface area contributed by atoms with E-state index in [4.69, 9.17) is 0 Å². The molecule has 2 rings (SSSR count). The van der Waals surface area contributed by atoms with Crippen molar-refractivity contribution in [2.45, 2.75) is 12.6 Å². The fraction of sp³-hybridized carbons (Fsp3) is 0.462. The topological polar surface area (TPSA) is 32.3 Å². The first-order valence-corrected chi connectivity index (χ1v) is 6.26. The minimum Gasteiger partial charge on any atom is -0.337 e. The molecular weight excluding hydrogens is 276 g/mol. The molecule has 0 aliphatic carbocycles. The minimum absolute atomic E-state index is 0.356. The van der Waals surface area contributed by atoms with Crippen molar-refractivity contribution >= 4 is 5.91 Å². The average Bonchev–Trinajstić information content (AvgIpc) is 2.66. The maximum absolute atomic E-state index is 13.6. The third-order valence-electron chi connectivity index (χ3n) is 3.15. The van der Waals surface area contributed by atoms with E-state index in [0.717, 1.165) is 6.54 Å². The second-order valence-corrected chi connectivity index (χ2v) is 4.59. The lowest BCUT2D eigenvalue weighted by molar-refractivity contribution is -0.137. The van der Waals surface area contributed by atoms with Crippen molar-refractivity contribution in [1.29, 1.82) is 0 Å². The maximum atomic E-state index is 13.6. The van der Waals surface area contributed by atoms with Gasteiger partial charge in [0.1, 0.15) is 5.82 Å². The van der Waals surface area contributed by atoms with Gasteiger partial charge >= 0.3 is 6.18 Å². The van der Waals surface area contributed by atoms with Crippen LogP contribution in [0.25, 0.3) is 0 Å². The summed E-state index contributed by atoms with van der Waals surface area (Å²) in [6, 6.07) is 1.90. The summed E-state index contributed by atoms with van der Waals surface area (Å²) in [5, 5.41) is 3.07. The van der Waals surface area contributed by atoms with Crippen LogP contribution in [0.4, 0.5) is 17.6 Å². The number of nitrogens with zero attached hydrogens (tertiary/aromatic N) is 1. The highest BCUT2D eigenvalue weighted by molar-refractivity contribution is 5.94. The second-order valence-electron chi connectivity index (χ2n) is 4.59. The van der Waals surface area contributed by atoms with E-state index in [1.54, 1.807) is 0 Å². The third-order valence-corrected chi connectivity index (χ3v) is 3.15. The van der Waals surface area contributed by atoms with Gasteiger partial charge in [-0.05, 0) is 31.2 Å². The SMILES string of the molecule is O=C(c1cc(C(F)(F)F)ccc1F)N1CCCNCC1. The largest absolute Gasteiger partial charge is 0.416 e. The van der Waals surface area contributed by atoms with Gasteiger partial charge in [0, 0.05) is 19.6 Å². The predicted octanol–water partition coefficient (Wildman–Crippen LogP) is 2.28. The van der Waals surface area contributed by atoms with Crippen LogP contribution in [0.15, 0.2) is 18.2 Å². The zero-order valence-electron chi connectivity index (χ0n) is 10.6. The van der Waals surface area contributed by atoms with Crippen LogP contribution in [0.3, 0.4) is 0 Å². The van der Waals surface area contributed by atoms with Gasteiger partial charge < -0.3 is 10.2 Å². The molecule has 0 unspecified atom stereocenters. The van der Waals surface area contributed by atoms with Crippen molar-refractivity contribution in [2.75, 3.05) is 26.2 Å². The number of benzene rings is 1. The second kappa shape index (κ2) is 5.78. The Morgan fingerprint density at radius 2 is 1.95 bits per heavy atom. The lowest BCUT2D eigenvalue weighted by Crippen LogP contribution is -2.34. The van der Waals surface area contributed by atoms with Crippen molar-refractivity contribution in [3.05, 3.63) is 35.1 Å². The number of hydrogen-bond donors (Lipinski definition) is 1. The van der Waals surface area contributed by atoms with Crippen LogP contribution in [0, 0.1) is 5.82 Å². The Labute approximate surface area is 113 Å². The third kappa shape index (κ3) is 3.27. The standard InChI is InChI=1S/C13H14F4N2O/c14-11-3-2-9(13(15,16)17)8-10(11)12(20)19-6-1-4-18-5-7-19/h2-3,8,18H,1,4-7H2. The van der Waals surface area contributed by atoms with Crippen LogP contribution in [0.5, 0.6) is 0 Å². The number of carbonyl (C=O) groups is 1. The predicted molar refractivity (Wildman–Crippen MR) is 64.8 cm³/mol. The molecule has 1 aromatic rings. The fourth-order valence-electron chi connectivity index (χ4n) is 2.08. The summed E-state index contributed by atoms with van der Waals surface area (Å²) in [6.07, 6.45) is -3.91. The maximum Gasteiger partial charge on any atom is 0.416 e. The first kappa shape index (κ1) is 14.8. The molecule has 1 fully saturated rings. The van der Waals surface area contributed by atoms with Crippen molar-refractivity contribution in [3.8, 4) is 0 Å². The van der Waals surface area contributed by atoms with Crippen LogP contribution in [-0.4, -0.2) is 37.0 Å². The molecule has 3 nitrogen and oxygen atoms in total. The summed E-state index contributed by atoms with van der Waals surface area (Å²) < 4.78 is 51.5. The Morgan fingerprint density at radius 1 is 1.20 bits per heavy atom. The van der Waals surface area contributed by atoms with E-state index in [9.17, 15) is 22.4 Å². The molecule has 0 bridgehead atoms. The molecule has 0 aromatic heterocycles. The molecule has 0 spiro atoms. The molecule has 0 atom stereocenters. The first-order valence-electron chi connectivity index (χ1n) is 6.26. The van der Waals surface area contributed by atoms with Crippen LogP contribution in [-0.2, 0) is 6.18 Å². The van der Waals surface area contributed by atoms with Crippen LogP contribution < -0.4 is 5.32 Å². The van der Waals surface area contributed by atoms with Gasteiger partial charge in [0.15, 0.2) is 0 Å². The van der Waals surface area contributed by atoms with E-state index in [0.29, 0.717) is 44.3 Å². The Kier molecular flexibility index (Phi) is 4.27. The van der Waals surface area contributed by atoms with Crippen LogP contribution >= 0.6 is 0 Å². The number of carbonyl (C=O) groups excluding carboxylic acids is 1. The van der Waals surface area contributed by atoms with Gasteiger partial charge in [-0.2, -0.15) is 13.2 Å². The molecule has 1 amide bonds. The minimum atomic E-state index is -4.59. The number of amides is 1. The van der Waals surface area contributed by atoms with E-state index in [2.05, 4.69) is 5.32 Å². The Balaban J connectivity index is 2.28. The summed E-state index contributed by atoms with van der Waals surface area (Å²) in [7, 11) is 0. The summed E-state index contributed by atoms with van der Waals surface area (Å²) in [4.78, 5) is 13.5. The van der Waals surface area contributed by atoms with E-state index >= 15 is 0 Å². The van der Waals surface area contributed by atoms with Gasteiger partial charge in [-0.15, -0.1) is 0 Å². The molecule has 7 heteroatoms. The first-order chi connectivity index (χ1) is 9.39. The molecular formula is C13H14F4N2O. The van der Waals surface area contributed by atoms with E-state index in [1.807, 2.05) is 0 Å². The summed E-state index contributed by atoms with van der Waals surface area (Å²) >= 11 is 0. The average molecular weight is 290 g/mol. The normalized spacial score (nSPS) is 16.9. The lowest BCUT2D eigenvalue weighted by Gasteiger charge is -2.20. The zero-order valence-corrected chi connectivity index (χ0v) is 10.6. The van der Waals surface area contributed by atoms with Crippen LogP contribution in [0.2, 0.25) is 0 Å². The van der Waals surface area contributed by atoms with Gasteiger partial charge in [0.05, 0.1) is 11.1 Å². The highest BCUT2D eigenvalue weighted by Gasteiger charge is 2.32. The lowest BCUT2D eigenvalue weighted by atomic mass is 10.1. The van der Waals surface area contributed by atoms with Gasteiger partial charge in [-0.1, -0.05) is 0 Å². The molecule has 110 valence electrons. The van der Waals surface area contributed by atoms with Gasteiger partial charge in [0.2, 0.25) is 0 Å². The van der Waals surface area contributed by atoms with E-state index in [1.165, 1.54) is 4.90 Å². The molecule has 1 saturated heterocycles. The monoisotopic (exact) mass is 290 g/mol. The van der Waals surface area contributed by atoms with Crippen molar-refractivity contribution in [2.24, 2.45) is 0 Å². The number of alkyl halides is 3. The molecule has 1 N–H and O–H groups in total. The van der Waals surface area contributed by atoms with Crippen molar-refractivity contribution < 1.29 is 22.4 Å². The van der Waals surface area contributed by atoms with Gasteiger partial charge in [-0.3, -0.25) is 4.79 Å². The molecule has 1 aromatic carbocycles. The van der Waals surface area contributed by atoms with Gasteiger partial charge in [0.25, 0.3) is 5.91 Å². The van der Waals surface area contributed by atoms with E-state index in [-0.39, 0.29) is 0 Å². The number of rotatable bonds is 1. The molecule has 1 heterocycles. The summed E-state index contributed by atoms with van der Waals surface area (Å²) in [5.74, 6) is -1.63. The Hall–Kier alpha value is -1.63. The number of halogens is 4. The molecule has 1 aliphatic rings. The molecule has 0 saturated carbocycles. The highest BCUT2D eigenvalue weighted by atomic mass is 19.4. The van der Waals surface area contributed by atoms with Crippen LogP contribution in [0.1, 0.15) is 22.3 Å². The smallest absolute Gasteiger partial charge is 0.337 e. The number of hydrogen-bond acceptors (Lipinski definition) is 2. The quantitative estimate of drug-likeness (QED) is 0.805. The molecule has 20 heavy (non-hydrogen) atoms. The van der Waals surface area contributed by atoms with Crippen molar-refractivity contribution in [1.82, 2.24) is 10.2 Å². The molecule has 0 radical (unpaired) electrons. The summed E-state index contributed by atoms with van der Waals surface area (Å²) in [5.41, 5.74) is -1.54. The highest BCUT2D eigenvalue weighted by Crippen LogP contribution is 2.30. The van der Waals surface area contributed by atoms with Crippen molar-refractivity contribution in [3.63, 3.8) is 0 Å². The Morgan fingerprint density at radius 3 is 2.65 bits per heavy atom. The number of nitrogens with one attached hydrogen (secondary N) is 1. The summed E-state index contributed by atoms with van der Waals surface area (Å²) in [6.45, 7) is 2.04. The Bertz CT molecular complexity index is 494. The van der Waals surface area contributed by atoms with Gasteiger partial charge in [-0.25, -0.2) is 4.39 Å². The zero-order chi connectivity index (χ0) is 14.8.